The highest BCUT2D eigenvalue weighted by Crippen LogP contribution is 2.24. The Hall–Kier alpha value is -1.07. The molecule has 1 unspecified atom stereocenters. The number of amides is 1. The van der Waals surface area contributed by atoms with E-state index in [1.807, 2.05) is 6.07 Å². The molecule has 4 nitrogen and oxygen atoms in total. The number of hydrogen-bond acceptors (Lipinski definition) is 3. The summed E-state index contributed by atoms with van der Waals surface area (Å²) in [5.41, 5.74) is 6.74. The number of nitrogens with two attached hydrogens (primary N) is 1. The average Bonchev–Trinajstić information content (AvgIpc) is 2.80. The number of primary amides is 1. The van der Waals surface area contributed by atoms with Gasteiger partial charge in [-0.25, -0.2) is 0 Å². The fourth-order valence-corrected chi connectivity index (χ4v) is 2.47. The van der Waals surface area contributed by atoms with Crippen LogP contribution in [0.4, 0.5) is 5.69 Å². The molecule has 1 aliphatic rings. The Balaban J connectivity index is 1.98. The van der Waals surface area contributed by atoms with Gasteiger partial charge >= 0.3 is 0 Å². The van der Waals surface area contributed by atoms with Crippen molar-refractivity contribution >= 4 is 27.5 Å². The van der Waals surface area contributed by atoms with Crippen LogP contribution >= 0.6 is 15.9 Å². The topological polar surface area (TPSA) is 67.2 Å². The monoisotopic (exact) mass is 297 g/mol. The van der Waals surface area contributed by atoms with Crippen molar-refractivity contribution in [3.05, 3.63) is 28.2 Å². The summed E-state index contributed by atoms with van der Waals surface area (Å²) in [6, 6.07) is 5.37. The molecule has 0 saturated carbocycles. The molecule has 17 heavy (non-hydrogen) atoms. The van der Waals surface area contributed by atoms with Crippen molar-refractivity contribution in [2.75, 3.05) is 25.0 Å². The molecule has 92 valence electrons. The molecule has 4 N–H and O–H groups in total. The summed E-state index contributed by atoms with van der Waals surface area (Å²) >= 11 is 3.44. The Bertz CT molecular complexity index is 416. The normalized spacial score (nSPS) is 19.2. The number of anilines is 1. The number of rotatable bonds is 4. The van der Waals surface area contributed by atoms with Crippen LogP contribution in [0.3, 0.4) is 0 Å². The van der Waals surface area contributed by atoms with E-state index in [0.29, 0.717) is 11.5 Å². The SMILES string of the molecule is NC(=O)c1ccc(NCC2CCNC2)c(Br)c1. The first-order chi connectivity index (χ1) is 8.16. The van der Waals surface area contributed by atoms with E-state index in [4.69, 9.17) is 5.73 Å². The molecule has 1 saturated heterocycles. The predicted molar refractivity (Wildman–Crippen MR) is 72.1 cm³/mol. The van der Waals surface area contributed by atoms with E-state index >= 15 is 0 Å². The van der Waals surface area contributed by atoms with Crippen molar-refractivity contribution in [3.8, 4) is 0 Å². The van der Waals surface area contributed by atoms with Crippen molar-refractivity contribution in [2.24, 2.45) is 11.7 Å². The maximum absolute atomic E-state index is 11.0. The molecule has 1 aliphatic heterocycles. The minimum atomic E-state index is -0.405. The smallest absolute Gasteiger partial charge is 0.248 e. The van der Waals surface area contributed by atoms with Crippen molar-refractivity contribution in [3.63, 3.8) is 0 Å². The molecule has 1 fully saturated rings. The standard InChI is InChI=1S/C12H16BrN3O/c13-10-5-9(12(14)17)1-2-11(10)16-7-8-3-4-15-6-8/h1-2,5,8,15-16H,3-4,6-7H2,(H2,14,17). The Morgan fingerprint density at radius 3 is 3.00 bits per heavy atom. The molecule has 1 aromatic rings. The van der Waals surface area contributed by atoms with Crippen molar-refractivity contribution in [1.29, 1.82) is 0 Å². The van der Waals surface area contributed by atoms with E-state index in [2.05, 4.69) is 26.6 Å². The third kappa shape index (κ3) is 3.20. The molecular weight excluding hydrogens is 282 g/mol. The summed E-state index contributed by atoms with van der Waals surface area (Å²) in [4.78, 5) is 11.0. The number of hydrogen-bond donors (Lipinski definition) is 3. The zero-order valence-electron chi connectivity index (χ0n) is 9.50. The predicted octanol–water partition coefficient (Wildman–Crippen LogP) is 1.57. The average molecular weight is 298 g/mol. The first kappa shape index (κ1) is 12.4. The fraction of sp³-hybridized carbons (Fsp3) is 0.417. The first-order valence-electron chi connectivity index (χ1n) is 5.71. The highest BCUT2D eigenvalue weighted by molar-refractivity contribution is 9.10. The second-order valence-electron chi connectivity index (χ2n) is 4.30. The van der Waals surface area contributed by atoms with Gasteiger partial charge in [0.1, 0.15) is 0 Å². The summed E-state index contributed by atoms with van der Waals surface area (Å²) in [5, 5.41) is 6.72. The number of nitrogens with one attached hydrogen (secondary N) is 2. The molecule has 2 rings (SSSR count). The molecule has 0 aromatic heterocycles. The summed E-state index contributed by atoms with van der Waals surface area (Å²) in [6.45, 7) is 3.12. The molecule has 1 amide bonds. The molecule has 1 atom stereocenters. The van der Waals surface area contributed by atoms with Gasteiger partial charge in [0.15, 0.2) is 0 Å². The van der Waals surface area contributed by atoms with Crippen LogP contribution in [0.2, 0.25) is 0 Å². The maximum Gasteiger partial charge on any atom is 0.248 e. The number of benzene rings is 1. The third-order valence-electron chi connectivity index (χ3n) is 3.00. The highest BCUT2D eigenvalue weighted by Gasteiger charge is 2.14. The van der Waals surface area contributed by atoms with Crippen LogP contribution in [-0.2, 0) is 0 Å². The van der Waals surface area contributed by atoms with Gasteiger partial charge in [0.05, 0.1) is 0 Å². The van der Waals surface area contributed by atoms with Crippen LogP contribution in [0.25, 0.3) is 0 Å². The van der Waals surface area contributed by atoms with Crippen LogP contribution in [0, 0.1) is 5.92 Å². The van der Waals surface area contributed by atoms with E-state index in [1.165, 1.54) is 6.42 Å². The van der Waals surface area contributed by atoms with Crippen molar-refractivity contribution in [2.45, 2.75) is 6.42 Å². The van der Waals surface area contributed by atoms with Gasteiger partial charge in [-0.2, -0.15) is 0 Å². The molecule has 0 spiro atoms. The largest absolute Gasteiger partial charge is 0.384 e. The van der Waals surface area contributed by atoms with E-state index in [-0.39, 0.29) is 0 Å². The lowest BCUT2D eigenvalue weighted by Gasteiger charge is -2.13. The molecule has 0 radical (unpaired) electrons. The minimum absolute atomic E-state index is 0.405. The Morgan fingerprint density at radius 1 is 1.59 bits per heavy atom. The van der Waals surface area contributed by atoms with Gasteiger partial charge in [0.25, 0.3) is 0 Å². The van der Waals surface area contributed by atoms with E-state index in [0.717, 1.165) is 29.8 Å². The number of carbonyl (C=O) groups is 1. The molecule has 0 bridgehead atoms. The van der Waals surface area contributed by atoms with Gasteiger partial charge < -0.3 is 16.4 Å². The van der Waals surface area contributed by atoms with Crippen molar-refractivity contribution < 1.29 is 4.79 Å². The zero-order valence-corrected chi connectivity index (χ0v) is 11.1. The van der Waals surface area contributed by atoms with E-state index < -0.39 is 5.91 Å². The summed E-state index contributed by atoms with van der Waals surface area (Å²) in [7, 11) is 0. The molecule has 5 heteroatoms. The minimum Gasteiger partial charge on any atom is -0.384 e. The summed E-state index contributed by atoms with van der Waals surface area (Å²) < 4.78 is 0.875. The molecular formula is C12H16BrN3O. The Labute approximate surface area is 109 Å². The zero-order chi connectivity index (χ0) is 12.3. The molecule has 1 aromatic carbocycles. The van der Waals surface area contributed by atoms with Gasteiger partial charge in [0, 0.05) is 22.3 Å². The third-order valence-corrected chi connectivity index (χ3v) is 3.65. The second kappa shape index (κ2) is 5.51. The van der Waals surface area contributed by atoms with E-state index in [1.54, 1.807) is 12.1 Å². The van der Waals surface area contributed by atoms with E-state index in [9.17, 15) is 4.79 Å². The highest BCUT2D eigenvalue weighted by atomic mass is 79.9. The second-order valence-corrected chi connectivity index (χ2v) is 5.15. The lowest BCUT2D eigenvalue weighted by atomic mass is 10.1. The van der Waals surface area contributed by atoms with Crippen LogP contribution in [0.1, 0.15) is 16.8 Å². The molecule has 0 aliphatic carbocycles. The number of carbonyl (C=O) groups excluding carboxylic acids is 1. The van der Waals surface area contributed by atoms with Gasteiger partial charge in [-0.05, 0) is 59.6 Å². The lowest BCUT2D eigenvalue weighted by molar-refractivity contribution is 0.100. The lowest BCUT2D eigenvalue weighted by Crippen LogP contribution is -2.17. The Morgan fingerprint density at radius 2 is 2.41 bits per heavy atom. The van der Waals surface area contributed by atoms with Crippen molar-refractivity contribution in [1.82, 2.24) is 5.32 Å². The van der Waals surface area contributed by atoms with Crippen LogP contribution in [0.5, 0.6) is 0 Å². The molecule has 1 heterocycles. The summed E-state index contributed by atoms with van der Waals surface area (Å²) in [5.74, 6) is 0.273. The number of halogens is 1. The van der Waals surface area contributed by atoms with Gasteiger partial charge in [0.2, 0.25) is 5.91 Å². The Kier molecular flexibility index (Phi) is 4.02. The van der Waals surface area contributed by atoms with Gasteiger partial charge in [-0.1, -0.05) is 0 Å². The first-order valence-corrected chi connectivity index (χ1v) is 6.50. The van der Waals surface area contributed by atoms with Gasteiger partial charge in [-0.3, -0.25) is 4.79 Å². The van der Waals surface area contributed by atoms with Crippen LogP contribution < -0.4 is 16.4 Å². The summed E-state index contributed by atoms with van der Waals surface area (Å²) in [6.07, 6.45) is 1.21. The quantitative estimate of drug-likeness (QED) is 0.790. The van der Waals surface area contributed by atoms with Gasteiger partial charge in [-0.15, -0.1) is 0 Å². The fourth-order valence-electron chi connectivity index (χ4n) is 1.95. The maximum atomic E-state index is 11.0. The van der Waals surface area contributed by atoms with Crippen LogP contribution in [-0.4, -0.2) is 25.5 Å². The van der Waals surface area contributed by atoms with Crippen LogP contribution in [0.15, 0.2) is 22.7 Å².